The summed E-state index contributed by atoms with van der Waals surface area (Å²) in [4.78, 5) is 17.2. The molecule has 4 rings (SSSR count). The van der Waals surface area contributed by atoms with Gasteiger partial charge in [-0.3, -0.25) is 4.79 Å². The molecule has 152 valence electrons. The van der Waals surface area contributed by atoms with Crippen molar-refractivity contribution in [2.24, 2.45) is 0 Å². The summed E-state index contributed by atoms with van der Waals surface area (Å²) in [5.74, 6) is -0.500. The van der Waals surface area contributed by atoms with E-state index in [1.165, 1.54) is 18.3 Å². The number of aryl methyl sites for hydroxylation is 2. The number of hydrogen-bond acceptors (Lipinski definition) is 5. The molecule has 0 saturated carbocycles. The maximum atomic E-state index is 13.5. The van der Waals surface area contributed by atoms with Gasteiger partial charge in [-0.15, -0.1) is 0 Å². The first-order chi connectivity index (χ1) is 14.0. The van der Waals surface area contributed by atoms with E-state index in [1.807, 2.05) is 19.9 Å². The van der Waals surface area contributed by atoms with Crippen LogP contribution in [0.25, 0.3) is 5.65 Å². The number of carbonyl (C=O) groups excluding carboxylic acids is 1. The van der Waals surface area contributed by atoms with Gasteiger partial charge in [0.15, 0.2) is 11.9 Å². The molecule has 3 aromatic rings. The highest BCUT2D eigenvalue weighted by atomic mass is 19.1. The quantitative estimate of drug-likeness (QED) is 0.691. The number of halogens is 1. The van der Waals surface area contributed by atoms with Gasteiger partial charge in [0.05, 0.1) is 19.4 Å². The van der Waals surface area contributed by atoms with Crippen LogP contribution in [0.4, 0.5) is 4.39 Å². The number of amides is 1. The molecule has 0 radical (unpaired) electrons. The summed E-state index contributed by atoms with van der Waals surface area (Å²) in [6.45, 7) is 5.45. The Bertz CT molecular complexity index is 1040. The maximum absolute atomic E-state index is 13.5. The van der Waals surface area contributed by atoms with E-state index in [-0.39, 0.29) is 18.0 Å². The van der Waals surface area contributed by atoms with Gasteiger partial charge in [0.1, 0.15) is 11.4 Å². The van der Waals surface area contributed by atoms with E-state index in [0.29, 0.717) is 43.8 Å². The van der Waals surface area contributed by atoms with Crippen molar-refractivity contribution in [2.45, 2.75) is 33.0 Å². The van der Waals surface area contributed by atoms with Crippen molar-refractivity contribution in [3.8, 4) is 0 Å². The van der Waals surface area contributed by atoms with Gasteiger partial charge in [-0.05, 0) is 37.1 Å². The monoisotopic (exact) mass is 398 g/mol. The minimum atomic E-state index is -0.265. The first kappa shape index (κ1) is 19.5. The third kappa shape index (κ3) is 4.13. The zero-order valence-corrected chi connectivity index (χ0v) is 16.4. The zero-order valence-electron chi connectivity index (χ0n) is 16.4. The van der Waals surface area contributed by atoms with Gasteiger partial charge < -0.3 is 14.8 Å². The molecule has 1 aliphatic rings. The number of rotatable bonds is 6. The third-order valence-electron chi connectivity index (χ3n) is 5.08. The zero-order chi connectivity index (χ0) is 20.4. The average molecular weight is 398 g/mol. The molecule has 7 nitrogen and oxygen atoms in total. The molecule has 0 unspecified atom stereocenters. The Kier molecular flexibility index (Phi) is 5.55. The highest BCUT2D eigenvalue weighted by Crippen LogP contribution is 2.21. The highest BCUT2D eigenvalue weighted by molar-refractivity contribution is 5.99. The van der Waals surface area contributed by atoms with Crippen LogP contribution in [0, 0.1) is 19.7 Å². The van der Waals surface area contributed by atoms with Crippen molar-refractivity contribution in [2.75, 3.05) is 19.8 Å². The molecule has 1 amide bonds. The van der Waals surface area contributed by atoms with Gasteiger partial charge in [-0.2, -0.15) is 5.10 Å². The third-order valence-corrected chi connectivity index (χ3v) is 5.08. The van der Waals surface area contributed by atoms with Crippen LogP contribution in [-0.2, 0) is 15.9 Å². The molecule has 0 spiro atoms. The van der Waals surface area contributed by atoms with Gasteiger partial charge in [0, 0.05) is 30.8 Å². The molecule has 1 N–H and O–H groups in total. The molecule has 1 aliphatic heterocycles. The van der Waals surface area contributed by atoms with E-state index in [2.05, 4.69) is 15.4 Å². The van der Waals surface area contributed by atoms with E-state index >= 15 is 0 Å². The standard InChI is InChI=1S/C21H23FN4O3/c1-13-17(11-15-4-3-5-16(22)10-15)14(2)26-20(25-13)18(12-24-26)21(27)23-7-6-19-28-8-9-29-19/h3-5,10,12,19H,6-9,11H2,1-2H3,(H,23,27). The van der Waals surface area contributed by atoms with E-state index in [9.17, 15) is 9.18 Å². The summed E-state index contributed by atoms with van der Waals surface area (Å²) < 4.78 is 25.9. The first-order valence-electron chi connectivity index (χ1n) is 9.62. The number of aromatic nitrogens is 3. The molecule has 0 aliphatic carbocycles. The molecule has 29 heavy (non-hydrogen) atoms. The molecule has 3 heterocycles. The molecule has 2 aromatic heterocycles. The fourth-order valence-corrected chi connectivity index (χ4v) is 3.55. The first-order valence-corrected chi connectivity index (χ1v) is 9.62. The molecular weight excluding hydrogens is 375 g/mol. The summed E-state index contributed by atoms with van der Waals surface area (Å²) in [5.41, 5.74) is 4.42. The summed E-state index contributed by atoms with van der Waals surface area (Å²) >= 11 is 0. The van der Waals surface area contributed by atoms with Crippen molar-refractivity contribution >= 4 is 11.6 Å². The fraction of sp³-hybridized carbons (Fsp3) is 0.381. The Morgan fingerprint density at radius 1 is 1.31 bits per heavy atom. The summed E-state index contributed by atoms with van der Waals surface area (Å²) in [5, 5.41) is 7.23. The number of fused-ring (bicyclic) bond motifs is 1. The van der Waals surface area contributed by atoms with Crippen LogP contribution in [0.15, 0.2) is 30.5 Å². The van der Waals surface area contributed by atoms with Crippen molar-refractivity contribution in [3.63, 3.8) is 0 Å². The van der Waals surface area contributed by atoms with Crippen molar-refractivity contribution in [1.29, 1.82) is 0 Å². The molecule has 0 atom stereocenters. The van der Waals surface area contributed by atoms with Gasteiger partial charge >= 0.3 is 0 Å². The van der Waals surface area contributed by atoms with Gasteiger partial charge in [-0.25, -0.2) is 13.9 Å². The maximum Gasteiger partial charge on any atom is 0.256 e. The van der Waals surface area contributed by atoms with Crippen LogP contribution in [0.3, 0.4) is 0 Å². The average Bonchev–Trinajstić information content (AvgIpc) is 3.35. The molecular formula is C21H23FN4O3. The van der Waals surface area contributed by atoms with Gasteiger partial charge in [0.25, 0.3) is 5.91 Å². The molecule has 0 bridgehead atoms. The summed E-state index contributed by atoms with van der Waals surface area (Å²) in [7, 11) is 0. The second-order valence-electron chi connectivity index (χ2n) is 7.08. The molecule has 8 heteroatoms. The lowest BCUT2D eigenvalue weighted by Gasteiger charge is -2.12. The summed E-state index contributed by atoms with van der Waals surface area (Å²) in [6, 6.07) is 6.52. The summed E-state index contributed by atoms with van der Waals surface area (Å²) in [6.07, 6.45) is 2.40. The van der Waals surface area contributed by atoms with Crippen molar-refractivity contribution in [3.05, 3.63) is 64.4 Å². The van der Waals surface area contributed by atoms with Crippen LogP contribution < -0.4 is 5.32 Å². The smallest absolute Gasteiger partial charge is 0.256 e. The predicted molar refractivity (Wildman–Crippen MR) is 104 cm³/mol. The van der Waals surface area contributed by atoms with Crippen LogP contribution in [-0.4, -0.2) is 46.6 Å². The highest BCUT2D eigenvalue weighted by Gasteiger charge is 2.20. The van der Waals surface area contributed by atoms with Gasteiger partial charge in [0.2, 0.25) is 0 Å². The normalized spacial score (nSPS) is 14.6. The lowest BCUT2D eigenvalue weighted by Crippen LogP contribution is -2.27. The van der Waals surface area contributed by atoms with E-state index in [0.717, 1.165) is 22.5 Å². The Morgan fingerprint density at radius 2 is 2.10 bits per heavy atom. The Balaban J connectivity index is 1.54. The molecule has 1 fully saturated rings. The number of nitrogens with one attached hydrogen (secondary N) is 1. The number of nitrogens with zero attached hydrogens (tertiary/aromatic N) is 3. The minimum absolute atomic E-state index is 0.234. The lowest BCUT2D eigenvalue weighted by molar-refractivity contribution is -0.0455. The fourth-order valence-electron chi connectivity index (χ4n) is 3.55. The second kappa shape index (κ2) is 8.26. The SMILES string of the molecule is Cc1nc2c(C(=O)NCCC3OCCO3)cnn2c(C)c1Cc1cccc(F)c1. The lowest BCUT2D eigenvalue weighted by atomic mass is 10.0. The number of ether oxygens (including phenoxy) is 2. The minimum Gasteiger partial charge on any atom is -0.352 e. The van der Waals surface area contributed by atoms with E-state index in [1.54, 1.807) is 10.6 Å². The largest absolute Gasteiger partial charge is 0.352 e. The van der Waals surface area contributed by atoms with E-state index in [4.69, 9.17) is 9.47 Å². The predicted octanol–water partition coefficient (Wildman–Crippen LogP) is 2.57. The number of benzene rings is 1. The van der Waals surface area contributed by atoms with Crippen LogP contribution in [0.2, 0.25) is 0 Å². The Hall–Kier alpha value is -2.84. The van der Waals surface area contributed by atoms with Crippen LogP contribution in [0.5, 0.6) is 0 Å². The Labute approximate surface area is 167 Å². The second-order valence-corrected chi connectivity index (χ2v) is 7.08. The van der Waals surface area contributed by atoms with Gasteiger partial charge in [-0.1, -0.05) is 12.1 Å². The van der Waals surface area contributed by atoms with Crippen molar-refractivity contribution < 1.29 is 18.7 Å². The number of carbonyl (C=O) groups is 1. The topological polar surface area (TPSA) is 77.8 Å². The number of hydrogen-bond donors (Lipinski definition) is 1. The molecule has 1 saturated heterocycles. The molecule has 1 aromatic carbocycles. The van der Waals surface area contributed by atoms with Crippen molar-refractivity contribution in [1.82, 2.24) is 19.9 Å². The van der Waals surface area contributed by atoms with E-state index < -0.39 is 0 Å². The van der Waals surface area contributed by atoms with Crippen LogP contribution in [0.1, 0.15) is 39.3 Å². The Morgan fingerprint density at radius 3 is 2.86 bits per heavy atom. The van der Waals surface area contributed by atoms with Crippen LogP contribution >= 0.6 is 0 Å².